The Morgan fingerprint density at radius 1 is 1.21 bits per heavy atom. The van der Waals surface area contributed by atoms with Crippen molar-refractivity contribution in [3.8, 4) is 5.75 Å². The lowest BCUT2D eigenvalue weighted by Crippen LogP contribution is -2.35. The number of amides is 1. The van der Waals surface area contributed by atoms with Crippen molar-refractivity contribution in [3.63, 3.8) is 0 Å². The summed E-state index contributed by atoms with van der Waals surface area (Å²) in [6.07, 6.45) is 4.44. The van der Waals surface area contributed by atoms with Crippen LogP contribution in [0.2, 0.25) is 10.0 Å². The number of benzene rings is 2. The molecule has 146 valence electrons. The highest BCUT2D eigenvalue weighted by atomic mass is 35.5. The summed E-state index contributed by atoms with van der Waals surface area (Å²) >= 11 is 11.9. The zero-order valence-corrected chi connectivity index (χ0v) is 16.4. The number of ether oxygens (including phenoxy) is 1. The number of nitrogens with zero attached hydrogens (tertiary/aromatic N) is 2. The van der Waals surface area contributed by atoms with Crippen molar-refractivity contribution >= 4 is 29.1 Å². The third-order valence-electron chi connectivity index (χ3n) is 3.99. The summed E-state index contributed by atoms with van der Waals surface area (Å²) in [6.45, 7) is 0.710. The van der Waals surface area contributed by atoms with E-state index in [4.69, 9.17) is 27.9 Å². The number of aliphatic hydroxyl groups excluding tert-OH is 1. The Labute approximate surface area is 172 Å². The highest BCUT2D eigenvalue weighted by molar-refractivity contribution is 6.42. The molecular weight excluding hydrogens is 401 g/mol. The number of imidazole rings is 1. The molecule has 0 spiro atoms. The van der Waals surface area contributed by atoms with Crippen LogP contribution in [0.15, 0.2) is 61.2 Å². The van der Waals surface area contributed by atoms with Gasteiger partial charge in [0.05, 0.1) is 11.3 Å². The van der Waals surface area contributed by atoms with Crippen LogP contribution in [0.3, 0.4) is 0 Å². The third kappa shape index (κ3) is 5.48. The lowest BCUT2D eigenvalue weighted by Gasteiger charge is -2.14. The highest BCUT2D eigenvalue weighted by Gasteiger charge is 2.12. The summed E-state index contributed by atoms with van der Waals surface area (Å²) in [5.41, 5.74) is 1.57. The second kappa shape index (κ2) is 9.59. The van der Waals surface area contributed by atoms with Crippen molar-refractivity contribution in [2.45, 2.75) is 12.6 Å². The number of halogens is 2. The largest absolute Gasteiger partial charge is 0.489 e. The Bertz CT molecular complexity index is 915. The average molecular weight is 420 g/mol. The predicted octanol–water partition coefficient (Wildman–Crippen LogP) is 3.41. The van der Waals surface area contributed by atoms with Crippen LogP contribution in [0.5, 0.6) is 5.75 Å². The number of aliphatic hydroxyl groups is 1. The molecule has 1 heterocycles. The van der Waals surface area contributed by atoms with E-state index in [0.29, 0.717) is 22.9 Å². The Morgan fingerprint density at radius 2 is 2.00 bits per heavy atom. The molecule has 3 rings (SSSR count). The van der Waals surface area contributed by atoms with Crippen molar-refractivity contribution < 1.29 is 14.6 Å². The van der Waals surface area contributed by atoms with E-state index >= 15 is 0 Å². The van der Waals surface area contributed by atoms with Gasteiger partial charge in [-0.1, -0.05) is 41.4 Å². The summed E-state index contributed by atoms with van der Waals surface area (Å²) < 4.78 is 7.40. The number of hydrogen-bond acceptors (Lipinski definition) is 4. The normalized spacial score (nSPS) is 11.8. The third-order valence-corrected chi connectivity index (χ3v) is 4.79. The predicted molar refractivity (Wildman–Crippen MR) is 108 cm³/mol. The molecule has 3 aromatic rings. The standard InChI is InChI=1S/C20H19Cl2N3O3/c21-17-2-1-3-18(19(17)22)28-12-16(26)10-24-20(27)15-6-4-14(5-7-15)11-25-9-8-23-13-25/h1-9,13,16,26H,10-12H2,(H,24,27). The second-order valence-corrected chi connectivity index (χ2v) is 6.94. The topological polar surface area (TPSA) is 76.4 Å². The Morgan fingerprint density at radius 3 is 2.71 bits per heavy atom. The van der Waals surface area contributed by atoms with Gasteiger partial charge in [-0.05, 0) is 29.8 Å². The molecule has 1 aromatic heterocycles. The average Bonchev–Trinajstić information content (AvgIpc) is 3.21. The number of hydrogen-bond donors (Lipinski definition) is 2. The van der Waals surface area contributed by atoms with E-state index in [9.17, 15) is 9.90 Å². The van der Waals surface area contributed by atoms with Crippen LogP contribution in [-0.2, 0) is 6.54 Å². The van der Waals surface area contributed by atoms with Gasteiger partial charge in [0.15, 0.2) is 0 Å². The Kier molecular flexibility index (Phi) is 6.92. The summed E-state index contributed by atoms with van der Waals surface area (Å²) in [6, 6.07) is 12.3. The fraction of sp³-hybridized carbons (Fsp3) is 0.200. The molecule has 0 saturated carbocycles. The van der Waals surface area contributed by atoms with Crippen molar-refractivity contribution in [2.24, 2.45) is 0 Å². The van der Waals surface area contributed by atoms with Crippen LogP contribution in [0.1, 0.15) is 15.9 Å². The van der Waals surface area contributed by atoms with Crippen LogP contribution in [0.4, 0.5) is 0 Å². The van der Waals surface area contributed by atoms with E-state index in [1.165, 1.54) is 0 Å². The van der Waals surface area contributed by atoms with Crippen molar-refractivity contribution in [2.75, 3.05) is 13.2 Å². The van der Waals surface area contributed by atoms with Gasteiger partial charge in [-0.3, -0.25) is 4.79 Å². The van der Waals surface area contributed by atoms with E-state index in [0.717, 1.165) is 5.56 Å². The van der Waals surface area contributed by atoms with Gasteiger partial charge in [0.1, 0.15) is 23.5 Å². The smallest absolute Gasteiger partial charge is 0.251 e. The number of nitrogens with one attached hydrogen (secondary N) is 1. The quantitative estimate of drug-likeness (QED) is 0.586. The highest BCUT2D eigenvalue weighted by Crippen LogP contribution is 2.31. The van der Waals surface area contributed by atoms with Gasteiger partial charge >= 0.3 is 0 Å². The number of carbonyl (C=O) groups excluding carboxylic acids is 1. The molecule has 0 aliphatic carbocycles. The minimum atomic E-state index is -0.889. The lowest BCUT2D eigenvalue weighted by molar-refractivity contribution is 0.0844. The number of carbonyl (C=O) groups is 1. The maximum atomic E-state index is 12.2. The molecule has 2 aromatic carbocycles. The minimum Gasteiger partial charge on any atom is -0.489 e. The molecule has 0 saturated heterocycles. The van der Waals surface area contributed by atoms with Gasteiger partial charge in [-0.15, -0.1) is 0 Å². The van der Waals surface area contributed by atoms with Gasteiger partial charge in [-0.25, -0.2) is 4.98 Å². The molecule has 1 amide bonds. The maximum absolute atomic E-state index is 12.2. The molecule has 1 atom stereocenters. The maximum Gasteiger partial charge on any atom is 0.251 e. The Balaban J connectivity index is 1.46. The van der Waals surface area contributed by atoms with Gasteiger partial charge in [0.2, 0.25) is 0 Å². The molecule has 0 aliphatic heterocycles. The van der Waals surface area contributed by atoms with Crippen LogP contribution >= 0.6 is 23.2 Å². The molecule has 1 unspecified atom stereocenters. The molecule has 6 nitrogen and oxygen atoms in total. The molecular formula is C20H19Cl2N3O3. The summed E-state index contributed by atoms with van der Waals surface area (Å²) in [4.78, 5) is 16.2. The fourth-order valence-corrected chi connectivity index (χ4v) is 2.85. The summed E-state index contributed by atoms with van der Waals surface area (Å²) in [5, 5.41) is 13.4. The minimum absolute atomic E-state index is 0.0236. The monoisotopic (exact) mass is 419 g/mol. The van der Waals surface area contributed by atoms with E-state index in [1.54, 1.807) is 42.9 Å². The first kappa shape index (κ1) is 20.2. The first-order chi connectivity index (χ1) is 13.5. The first-order valence-electron chi connectivity index (χ1n) is 8.60. The van der Waals surface area contributed by atoms with Crippen LogP contribution in [0, 0.1) is 0 Å². The molecule has 0 radical (unpaired) electrons. The van der Waals surface area contributed by atoms with Gasteiger partial charge < -0.3 is 19.7 Å². The Hall–Kier alpha value is -2.54. The van der Waals surface area contributed by atoms with Crippen LogP contribution in [-0.4, -0.2) is 39.8 Å². The second-order valence-electron chi connectivity index (χ2n) is 6.16. The van der Waals surface area contributed by atoms with Crippen molar-refractivity contribution in [1.29, 1.82) is 0 Å². The van der Waals surface area contributed by atoms with E-state index in [2.05, 4.69) is 10.3 Å². The van der Waals surface area contributed by atoms with Crippen LogP contribution < -0.4 is 10.1 Å². The molecule has 8 heteroatoms. The van der Waals surface area contributed by atoms with Gasteiger partial charge in [0.25, 0.3) is 5.91 Å². The van der Waals surface area contributed by atoms with E-state index < -0.39 is 6.10 Å². The summed E-state index contributed by atoms with van der Waals surface area (Å²) in [5.74, 6) is 0.113. The summed E-state index contributed by atoms with van der Waals surface area (Å²) in [7, 11) is 0. The van der Waals surface area contributed by atoms with E-state index in [-0.39, 0.29) is 24.1 Å². The number of aromatic nitrogens is 2. The zero-order chi connectivity index (χ0) is 19.9. The van der Waals surface area contributed by atoms with Crippen molar-refractivity contribution in [3.05, 3.63) is 82.4 Å². The molecule has 0 bridgehead atoms. The molecule has 0 aliphatic rings. The first-order valence-corrected chi connectivity index (χ1v) is 9.36. The van der Waals surface area contributed by atoms with Gasteiger partial charge in [-0.2, -0.15) is 0 Å². The van der Waals surface area contributed by atoms with Crippen molar-refractivity contribution in [1.82, 2.24) is 14.9 Å². The SMILES string of the molecule is O=C(NCC(O)COc1cccc(Cl)c1Cl)c1ccc(Cn2ccnc2)cc1. The van der Waals surface area contributed by atoms with E-state index in [1.807, 2.05) is 22.9 Å². The lowest BCUT2D eigenvalue weighted by atomic mass is 10.1. The fourth-order valence-electron chi connectivity index (χ4n) is 2.51. The zero-order valence-electron chi connectivity index (χ0n) is 14.9. The molecule has 2 N–H and O–H groups in total. The van der Waals surface area contributed by atoms with Crippen LogP contribution in [0.25, 0.3) is 0 Å². The van der Waals surface area contributed by atoms with Gasteiger partial charge in [0, 0.05) is 31.0 Å². The molecule has 0 fully saturated rings. The molecule has 28 heavy (non-hydrogen) atoms. The number of rotatable bonds is 8.